The molecule has 0 unspecified atom stereocenters. The summed E-state index contributed by atoms with van der Waals surface area (Å²) in [5.74, 6) is -0.0363. The van der Waals surface area contributed by atoms with E-state index in [1.807, 2.05) is 31.2 Å². The Balaban J connectivity index is 1.63. The monoisotopic (exact) mass is 381 g/mol. The van der Waals surface area contributed by atoms with Gasteiger partial charge in [-0.25, -0.2) is 4.68 Å². The maximum atomic E-state index is 12.4. The SMILES string of the molecule is Cc1cccc(C(=O)Nc2nc3n(n2)[C@@H](c2ccc(Cl)cc2)CC(=O)N3)c1. The summed E-state index contributed by atoms with van der Waals surface area (Å²) in [6.07, 6.45) is 0.225. The quantitative estimate of drug-likeness (QED) is 0.727. The van der Waals surface area contributed by atoms with Gasteiger partial charge in [-0.2, -0.15) is 4.98 Å². The summed E-state index contributed by atoms with van der Waals surface area (Å²) in [5.41, 5.74) is 2.38. The summed E-state index contributed by atoms with van der Waals surface area (Å²) in [6.45, 7) is 1.91. The standard InChI is InChI=1S/C19H16ClN5O2/c1-11-3-2-4-13(9-11)17(27)22-18-23-19-21-16(26)10-15(25(19)24-18)12-5-7-14(20)8-6-12/h2-9,15H,10H2,1H3,(H2,21,22,23,24,26,27)/t15-/m1/s1. The first-order valence-electron chi connectivity index (χ1n) is 8.39. The first-order chi connectivity index (χ1) is 13.0. The summed E-state index contributed by atoms with van der Waals surface area (Å²) in [5, 5.41) is 10.4. The van der Waals surface area contributed by atoms with Crippen molar-refractivity contribution in [3.63, 3.8) is 0 Å². The maximum Gasteiger partial charge on any atom is 0.258 e. The van der Waals surface area contributed by atoms with Crippen LogP contribution >= 0.6 is 11.6 Å². The van der Waals surface area contributed by atoms with E-state index >= 15 is 0 Å². The van der Waals surface area contributed by atoms with Crippen LogP contribution in [0.25, 0.3) is 0 Å². The van der Waals surface area contributed by atoms with Crippen molar-refractivity contribution in [2.45, 2.75) is 19.4 Å². The smallest absolute Gasteiger partial charge is 0.258 e. The Morgan fingerprint density at radius 1 is 1.26 bits per heavy atom. The van der Waals surface area contributed by atoms with Gasteiger partial charge in [0.1, 0.15) is 0 Å². The van der Waals surface area contributed by atoms with Crippen molar-refractivity contribution in [2.24, 2.45) is 0 Å². The highest BCUT2D eigenvalue weighted by molar-refractivity contribution is 6.30. The molecule has 0 saturated carbocycles. The minimum Gasteiger partial charge on any atom is -0.295 e. The number of hydrogen-bond acceptors (Lipinski definition) is 4. The Kier molecular flexibility index (Phi) is 4.37. The molecule has 8 heteroatoms. The highest BCUT2D eigenvalue weighted by Gasteiger charge is 2.29. The molecule has 1 atom stereocenters. The van der Waals surface area contributed by atoms with Crippen LogP contribution < -0.4 is 10.6 Å². The third kappa shape index (κ3) is 3.54. The zero-order chi connectivity index (χ0) is 19.0. The average molecular weight is 382 g/mol. The van der Waals surface area contributed by atoms with E-state index < -0.39 is 0 Å². The van der Waals surface area contributed by atoms with Crippen LogP contribution in [0.5, 0.6) is 0 Å². The summed E-state index contributed by atoms with van der Waals surface area (Å²) < 4.78 is 1.61. The third-order valence-electron chi connectivity index (χ3n) is 4.32. The third-order valence-corrected chi connectivity index (χ3v) is 4.57. The summed E-state index contributed by atoms with van der Waals surface area (Å²) in [7, 11) is 0. The molecular weight excluding hydrogens is 366 g/mol. The predicted octanol–water partition coefficient (Wildman–Crippen LogP) is 3.42. The van der Waals surface area contributed by atoms with Gasteiger partial charge in [0.05, 0.1) is 12.5 Å². The summed E-state index contributed by atoms with van der Waals surface area (Å²) in [6, 6.07) is 14.1. The molecule has 0 fully saturated rings. The molecule has 0 saturated heterocycles. The zero-order valence-electron chi connectivity index (χ0n) is 14.4. The lowest BCUT2D eigenvalue weighted by atomic mass is 10.0. The van der Waals surface area contributed by atoms with E-state index in [4.69, 9.17) is 11.6 Å². The fraction of sp³-hybridized carbons (Fsp3) is 0.158. The molecule has 0 aliphatic carbocycles. The minimum absolute atomic E-state index is 0.137. The molecule has 0 spiro atoms. The van der Waals surface area contributed by atoms with E-state index in [0.29, 0.717) is 16.5 Å². The fourth-order valence-corrected chi connectivity index (χ4v) is 3.15. The molecule has 1 aliphatic rings. The topological polar surface area (TPSA) is 88.9 Å². The number of aryl methyl sites for hydroxylation is 1. The number of nitrogens with zero attached hydrogens (tertiary/aromatic N) is 3. The fourth-order valence-electron chi connectivity index (χ4n) is 3.02. The Morgan fingerprint density at radius 3 is 2.78 bits per heavy atom. The zero-order valence-corrected chi connectivity index (χ0v) is 15.2. The number of nitrogens with one attached hydrogen (secondary N) is 2. The number of fused-ring (bicyclic) bond motifs is 1. The normalized spacial score (nSPS) is 15.8. The molecule has 27 heavy (non-hydrogen) atoms. The number of amides is 2. The van der Waals surface area contributed by atoms with E-state index in [9.17, 15) is 9.59 Å². The summed E-state index contributed by atoms with van der Waals surface area (Å²) >= 11 is 5.95. The van der Waals surface area contributed by atoms with Gasteiger partial charge in [0.25, 0.3) is 11.9 Å². The highest BCUT2D eigenvalue weighted by atomic mass is 35.5. The van der Waals surface area contributed by atoms with Gasteiger partial charge in [0.15, 0.2) is 0 Å². The van der Waals surface area contributed by atoms with Gasteiger partial charge in [-0.15, -0.1) is 5.10 Å². The summed E-state index contributed by atoms with van der Waals surface area (Å²) in [4.78, 5) is 28.7. The number of hydrogen-bond donors (Lipinski definition) is 2. The molecule has 0 bridgehead atoms. The second-order valence-electron chi connectivity index (χ2n) is 6.35. The largest absolute Gasteiger partial charge is 0.295 e. The van der Waals surface area contributed by atoms with Gasteiger partial charge in [0, 0.05) is 10.6 Å². The molecule has 1 aromatic heterocycles. The van der Waals surface area contributed by atoms with Crippen LogP contribution in [0.1, 0.15) is 33.9 Å². The Hall–Kier alpha value is -3.19. The molecule has 0 radical (unpaired) electrons. The van der Waals surface area contributed by atoms with E-state index in [0.717, 1.165) is 11.1 Å². The van der Waals surface area contributed by atoms with Crippen molar-refractivity contribution in [2.75, 3.05) is 10.6 Å². The maximum absolute atomic E-state index is 12.4. The lowest BCUT2D eigenvalue weighted by Gasteiger charge is -2.23. The van der Waals surface area contributed by atoms with Crippen LogP contribution in [0.15, 0.2) is 48.5 Å². The Labute approximate surface area is 160 Å². The molecular formula is C19H16ClN5O2. The van der Waals surface area contributed by atoms with Crippen molar-refractivity contribution < 1.29 is 9.59 Å². The van der Waals surface area contributed by atoms with E-state index in [1.54, 1.807) is 28.9 Å². The average Bonchev–Trinajstić information content (AvgIpc) is 3.03. The number of aromatic nitrogens is 3. The second-order valence-corrected chi connectivity index (χ2v) is 6.78. The first-order valence-corrected chi connectivity index (χ1v) is 8.77. The molecule has 4 rings (SSSR count). The molecule has 1 aliphatic heterocycles. The van der Waals surface area contributed by atoms with Gasteiger partial charge in [0.2, 0.25) is 11.9 Å². The van der Waals surface area contributed by atoms with Gasteiger partial charge >= 0.3 is 0 Å². The molecule has 2 amide bonds. The number of benzene rings is 2. The number of carbonyl (C=O) groups is 2. The minimum atomic E-state index is -0.317. The molecule has 136 valence electrons. The highest BCUT2D eigenvalue weighted by Crippen LogP contribution is 2.30. The van der Waals surface area contributed by atoms with Crippen molar-refractivity contribution in [1.29, 1.82) is 0 Å². The van der Waals surface area contributed by atoms with Gasteiger partial charge in [-0.3, -0.25) is 20.2 Å². The van der Waals surface area contributed by atoms with Crippen molar-refractivity contribution >= 4 is 35.3 Å². The lowest BCUT2D eigenvalue weighted by Crippen LogP contribution is -2.29. The number of halogens is 1. The first kappa shape index (κ1) is 17.2. The van der Waals surface area contributed by atoms with Crippen LogP contribution in [-0.4, -0.2) is 26.6 Å². The van der Waals surface area contributed by atoms with Crippen LogP contribution in [-0.2, 0) is 4.79 Å². The lowest BCUT2D eigenvalue weighted by molar-refractivity contribution is -0.117. The van der Waals surface area contributed by atoms with E-state index in [-0.39, 0.29) is 30.2 Å². The Bertz CT molecular complexity index is 1030. The van der Waals surface area contributed by atoms with E-state index in [1.165, 1.54) is 0 Å². The molecule has 2 aromatic carbocycles. The number of rotatable bonds is 3. The van der Waals surface area contributed by atoms with Crippen LogP contribution in [0.4, 0.5) is 11.9 Å². The number of carbonyl (C=O) groups excluding carboxylic acids is 2. The van der Waals surface area contributed by atoms with Crippen LogP contribution in [0.2, 0.25) is 5.02 Å². The molecule has 3 aromatic rings. The molecule has 2 N–H and O–H groups in total. The van der Waals surface area contributed by atoms with Gasteiger partial charge in [-0.05, 0) is 36.8 Å². The molecule has 2 heterocycles. The predicted molar refractivity (Wildman–Crippen MR) is 102 cm³/mol. The molecule has 7 nitrogen and oxygen atoms in total. The van der Waals surface area contributed by atoms with Crippen LogP contribution in [0.3, 0.4) is 0 Å². The van der Waals surface area contributed by atoms with Gasteiger partial charge in [-0.1, -0.05) is 41.4 Å². The van der Waals surface area contributed by atoms with Crippen molar-refractivity contribution in [3.8, 4) is 0 Å². The van der Waals surface area contributed by atoms with Crippen molar-refractivity contribution in [3.05, 3.63) is 70.2 Å². The van der Waals surface area contributed by atoms with Gasteiger partial charge < -0.3 is 0 Å². The van der Waals surface area contributed by atoms with E-state index in [2.05, 4.69) is 20.7 Å². The second kappa shape index (κ2) is 6.85. The van der Waals surface area contributed by atoms with Crippen molar-refractivity contribution in [1.82, 2.24) is 14.8 Å². The number of anilines is 2. The Morgan fingerprint density at radius 2 is 2.04 bits per heavy atom. The van der Waals surface area contributed by atoms with Crippen LogP contribution in [0, 0.1) is 6.92 Å².